The van der Waals surface area contributed by atoms with Crippen molar-refractivity contribution < 1.29 is 4.79 Å². The highest BCUT2D eigenvalue weighted by Crippen LogP contribution is 2.13. The fourth-order valence-electron chi connectivity index (χ4n) is 1.31. The molecule has 2 rings (SSSR count). The molecule has 0 atom stereocenters. The maximum atomic E-state index is 10.7. The van der Waals surface area contributed by atoms with Gasteiger partial charge in [-0.15, -0.1) is 0 Å². The van der Waals surface area contributed by atoms with Gasteiger partial charge >= 0.3 is 0 Å². The maximum Gasteiger partial charge on any atom is 0.160 e. The van der Waals surface area contributed by atoms with Crippen LogP contribution in [0.1, 0.15) is 16.1 Å². The summed E-state index contributed by atoms with van der Waals surface area (Å²) in [5.41, 5.74) is 2.09. The van der Waals surface area contributed by atoms with Crippen LogP contribution in [-0.2, 0) is 0 Å². The third kappa shape index (κ3) is 1.28. The van der Waals surface area contributed by atoms with Crippen molar-refractivity contribution >= 4 is 17.3 Å². The van der Waals surface area contributed by atoms with E-state index in [9.17, 15) is 4.79 Å². The predicted octanol–water partition coefficient (Wildman–Crippen LogP) is 1.75. The van der Waals surface area contributed by atoms with Gasteiger partial charge in [0, 0.05) is 22.8 Å². The van der Waals surface area contributed by atoms with E-state index in [1.807, 2.05) is 13.0 Å². The summed E-state index contributed by atoms with van der Waals surface area (Å²) in [5.74, 6) is 0. The van der Waals surface area contributed by atoms with Crippen LogP contribution >= 0.6 is 0 Å². The predicted molar refractivity (Wildman–Crippen MR) is 49.7 cm³/mol. The van der Waals surface area contributed by atoms with Crippen LogP contribution in [-0.4, -0.2) is 16.3 Å². The Morgan fingerprint density at radius 1 is 1.46 bits per heavy atom. The minimum absolute atomic E-state index is 0.629. The van der Waals surface area contributed by atoms with Gasteiger partial charge in [0.25, 0.3) is 0 Å². The number of carbonyl (C=O) groups excluding carboxylic acids is 1. The summed E-state index contributed by atoms with van der Waals surface area (Å²) in [7, 11) is 0. The lowest BCUT2D eigenvalue weighted by molar-refractivity contribution is 0.112. The lowest BCUT2D eigenvalue weighted by Crippen LogP contribution is -1.91. The minimum atomic E-state index is 0.629. The molecule has 0 aliphatic heterocycles. The number of hydrogen-bond donors (Lipinski definition) is 0. The molecule has 3 nitrogen and oxygen atoms in total. The van der Waals surface area contributed by atoms with Gasteiger partial charge in [0.05, 0.1) is 0 Å². The van der Waals surface area contributed by atoms with Gasteiger partial charge in [-0.25, -0.2) is 9.97 Å². The van der Waals surface area contributed by atoms with Crippen LogP contribution in [0.4, 0.5) is 0 Å². The normalized spacial score (nSPS) is 10.2. The molecule has 0 saturated heterocycles. The number of aromatic nitrogens is 2. The second-order valence-corrected chi connectivity index (χ2v) is 2.85. The second-order valence-electron chi connectivity index (χ2n) is 2.85. The zero-order chi connectivity index (χ0) is 9.26. The zero-order valence-electron chi connectivity index (χ0n) is 7.19. The highest BCUT2D eigenvalue weighted by Gasteiger charge is 2.02. The lowest BCUT2D eigenvalue weighted by Gasteiger charge is -1.99. The minimum Gasteiger partial charge on any atom is -0.298 e. The molecule has 0 aliphatic rings. The van der Waals surface area contributed by atoms with E-state index >= 15 is 0 Å². The average molecular weight is 172 g/mol. The zero-order valence-corrected chi connectivity index (χ0v) is 7.19. The van der Waals surface area contributed by atoms with E-state index in [1.165, 1.54) is 0 Å². The molecule has 0 aromatic carbocycles. The van der Waals surface area contributed by atoms with Gasteiger partial charge in [0.1, 0.15) is 0 Å². The van der Waals surface area contributed by atoms with Gasteiger partial charge in [-0.05, 0) is 25.1 Å². The van der Waals surface area contributed by atoms with Gasteiger partial charge in [0.2, 0.25) is 0 Å². The van der Waals surface area contributed by atoms with E-state index < -0.39 is 0 Å². The van der Waals surface area contributed by atoms with E-state index in [-0.39, 0.29) is 0 Å². The van der Waals surface area contributed by atoms with Crippen LogP contribution < -0.4 is 0 Å². The number of pyridine rings is 2. The van der Waals surface area contributed by atoms with Crippen molar-refractivity contribution in [1.29, 1.82) is 0 Å². The summed E-state index contributed by atoms with van der Waals surface area (Å²) < 4.78 is 0. The first-order chi connectivity index (χ1) is 6.31. The number of carbonyl (C=O) groups is 1. The fourth-order valence-corrected chi connectivity index (χ4v) is 1.31. The molecule has 3 heteroatoms. The monoisotopic (exact) mass is 172 g/mol. The first-order valence-corrected chi connectivity index (χ1v) is 3.99. The van der Waals surface area contributed by atoms with E-state index in [0.29, 0.717) is 11.2 Å². The maximum absolute atomic E-state index is 10.7. The Hall–Kier alpha value is -1.77. The van der Waals surface area contributed by atoms with Gasteiger partial charge in [-0.1, -0.05) is 0 Å². The molecule has 0 spiro atoms. The first kappa shape index (κ1) is 7.86. The number of rotatable bonds is 1. The van der Waals surface area contributed by atoms with Gasteiger partial charge in [-0.3, -0.25) is 4.79 Å². The van der Waals surface area contributed by atoms with Gasteiger partial charge < -0.3 is 0 Å². The Balaban J connectivity index is 2.89. The largest absolute Gasteiger partial charge is 0.298 e. The van der Waals surface area contributed by atoms with Crippen molar-refractivity contribution in [1.82, 2.24) is 9.97 Å². The van der Waals surface area contributed by atoms with Gasteiger partial charge in [-0.2, -0.15) is 0 Å². The van der Waals surface area contributed by atoms with Gasteiger partial charge in [0.15, 0.2) is 11.9 Å². The Kier molecular flexibility index (Phi) is 1.77. The van der Waals surface area contributed by atoms with Crippen LogP contribution in [0.2, 0.25) is 0 Å². The molecular formula is C10H8N2O. The standard InChI is InChI=1S/C10H8N2O/c1-7-5-8(6-13)9-3-2-4-11-10(9)12-7/h2-6H,1H3. The number of nitrogens with zero attached hydrogens (tertiary/aromatic N) is 2. The molecule has 13 heavy (non-hydrogen) atoms. The smallest absolute Gasteiger partial charge is 0.160 e. The molecule has 64 valence electrons. The molecule has 0 unspecified atom stereocenters. The molecule has 0 fully saturated rings. The molecule has 0 aliphatic carbocycles. The quantitative estimate of drug-likeness (QED) is 0.615. The van der Waals surface area contributed by atoms with E-state index in [4.69, 9.17) is 0 Å². The molecule has 0 saturated carbocycles. The van der Waals surface area contributed by atoms with Crippen LogP contribution in [0.3, 0.4) is 0 Å². The Bertz CT molecular complexity index is 465. The van der Waals surface area contributed by atoms with E-state index in [0.717, 1.165) is 17.4 Å². The van der Waals surface area contributed by atoms with E-state index in [2.05, 4.69) is 9.97 Å². The topological polar surface area (TPSA) is 42.9 Å². The summed E-state index contributed by atoms with van der Waals surface area (Å²) in [6, 6.07) is 5.40. The molecule has 0 N–H and O–H groups in total. The number of aryl methyl sites for hydroxylation is 1. The Labute approximate surface area is 75.4 Å². The van der Waals surface area contributed by atoms with Crippen molar-refractivity contribution in [3.8, 4) is 0 Å². The first-order valence-electron chi connectivity index (χ1n) is 3.99. The van der Waals surface area contributed by atoms with Crippen LogP contribution in [0.5, 0.6) is 0 Å². The molecule has 2 aromatic rings. The third-order valence-corrected chi connectivity index (χ3v) is 1.87. The summed E-state index contributed by atoms with van der Waals surface area (Å²) in [6.45, 7) is 1.85. The third-order valence-electron chi connectivity index (χ3n) is 1.87. The lowest BCUT2D eigenvalue weighted by atomic mass is 10.1. The summed E-state index contributed by atoms with van der Waals surface area (Å²) in [5, 5.41) is 0.808. The highest BCUT2D eigenvalue weighted by atomic mass is 16.1. The average Bonchev–Trinajstić information content (AvgIpc) is 2.16. The van der Waals surface area contributed by atoms with Crippen LogP contribution in [0.25, 0.3) is 11.0 Å². The second kappa shape index (κ2) is 2.94. The number of aldehydes is 1. The molecule has 0 amide bonds. The van der Waals surface area contributed by atoms with Crippen molar-refractivity contribution in [3.05, 3.63) is 35.7 Å². The molecule has 0 bridgehead atoms. The van der Waals surface area contributed by atoms with Crippen LogP contribution in [0.15, 0.2) is 24.4 Å². The number of fused-ring (bicyclic) bond motifs is 1. The highest BCUT2D eigenvalue weighted by molar-refractivity contribution is 5.94. The summed E-state index contributed by atoms with van der Waals surface area (Å²) in [6.07, 6.45) is 2.50. The summed E-state index contributed by atoms with van der Waals surface area (Å²) >= 11 is 0. The molecular weight excluding hydrogens is 164 g/mol. The van der Waals surface area contributed by atoms with Crippen molar-refractivity contribution in [3.63, 3.8) is 0 Å². The van der Waals surface area contributed by atoms with Crippen molar-refractivity contribution in [2.24, 2.45) is 0 Å². The SMILES string of the molecule is Cc1cc(C=O)c2cccnc2n1. The summed E-state index contributed by atoms with van der Waals surface area (Å²) in [4.78, 5) is 19.0. The molecule has 2 heterocycles. The van der Waals surface area contributed by atoms with E-state index in [1.54, 1.807) is 18.3 Å². The van der Waals surface area contributed by atoms with Crippen molar-refractivity contribution in [2.75, 3.05) is 0 Å². The molecule has 2 aromatic heterocycles. The molecule has 0 radical (unpaired) electrons. The van der Waals surface area contributed by atoms with Crippen LogP contribution in [0, 0.1) is 6.92 Å². The fraction of sp³-hybridized carbons (Fsp3) is 0.100. The number of hydrogen-bond acceptors (Lipinski definition) is 3. The Morgan fingerprint density at radius 3 is 3.08 bits per heavy atom. The Morgan fingerprint density at radius 2 is 2.31 bits per heavy atom. The van der Waals surface area contributed by atoms with Crippen molar-refractivity contribution in [2.45, 2.75) is 6.92 Å².